The van der Waals surface area contributed by atoms with Crippen LogP contribution in [0.5, 0.6) is 0 Å². The second kappa shape index (κ2) is 8.87. The molecule has 0 aliphatic heterocycles. The van der Waals surface area contributed by atoms with Gasteiger partial charge in [0.15, 0.2) is 0 Å². The molecular formula is C22H19F5N4O2. The van der Waals surface area contributed by atoms with E-state index in [0.717, 1.165) is 18.5 Å². The lowest BCUT2D eigenvalue weighted by Gasteiger charge is -2.26. The number of alkyl halides is 5. The first-order valence-electron chi connectivity index (χ1n) is 10.3. The third kappa shape index (κ3) is 4.57. The Balaban J connectivity index is 1.67. The number of nitrogens with one attached hydrogen (secondary N) is 1. The summed E-state index contributed by atoms with van der Waals surface area (Å²) >= 11 is 0. The summed E-state index contributed by atoms with van der Waals surface area (Å²) in [5, 5.41) is 6.91. The summed E-state index contributed by atoms with van der Waals surface area (Å²) in [5.74, 6) is -1.27. The number of aldehydes is 1. The van der Waals surface area contributed by atoms with Gasteiger partial charge in [-0.2, -0.15) is 18.3 Å². The SMILES string of the molecule is O=CC1CCC(n2ncc3cc(NC(=O)c4ncccc4C(F)(F)F)c(C(F)F)cc32)CC1. The first-order chi connectivity index (χ1) is 15.7. The molecule has 3 aromatic rings. The van der Waals surface area contributed by atoms with Crippen molar-refractivity contribution >= 4 is 28.8 Å². The molecule has 1 aromatic carbocycles. The van der Waals surface area contributed by atoms with Crippen molar-refractivity contribution < 1.29 is 31.5 Å². The van der Waals surface area contributed by atoms with E-state index in [0.29, 0.717) is 42.7 Å². The van der Waals surface area contributed by atoms with Crippen LogP contribution in [-0.2, 0) is 11.0 Å². The molecule has 0 spiro atoms. The number of halogens is 5. The molecule has 1 aliphatic rings. The van der Waals surface area contributed by atoms with Crippen LogP contribution in [0, 0.1) is 5.92 Å². The van der Waals surface area contributed by atoms with Gasteiger partial charge in [0.2, 0.25) is 0 Å². The van der Waals surface area contributed by atoms with Crippen LogP contribution in [0.3, 0.4) is 0 Å². The van der Waals surface area contributed by atoms with E-state index in [2.05, 4.69) is 15.4 Å². The van der Waals surface area contributed by atoms with Crippen LogP contribution >= 0.6 is 0 Å². The Labute approximate surface area is 184 Å². The molecule has 11 heteroatoms. The Bertz CT molecular complexity index is 1180. The molecule has 0 bridgehead atoms. The summed E-state index contributed by atoms with van der Waals surface area (Å²) in [6.07, 6.45) is -1.74. The zero-order valence-electron chi connectivity index (χ0n) is 17.1. The molecule has 0 saturated heterocycles. The average Bonchev–Trinajstić information content (AvgIpc) is 3.20. The summed E-state index contributed by atoms with van der Waals surface area (Å²) in [6, 6.07) is 4.13. The standard InChI is InChI=1S/C22H19F5N4O2/c23-20(24)15-9-18-13(10-29-31(18)14-5-3-12(11-32)4-6-14)8-17(15)30-21(33)19-16(22(25,26)27)2-1-7-28-19/h1-2,7-12,14,20H,3-6H2,(H,30,33). The van der Waals surface area contributed by atoms with Crippen molar-refractivity contribution in [3.63, 3.8) is 0 Å². The van der Waals surface area contributed by atoms with Crippen molar-refractivity contribution in [2.24, 2.45) is 5.92 Å². The number of hydrogen-bond donors (Lipinski definition) is 1. The second-order valence-corrected chi connectivity index (χ2v) is 7.94. The molecule has 1 fully saturated rings. The van der Waals surface area contributed by atoms with Gasteiger partial charge in [0.05, 0.1) is 29.0 Å². The quantitative estimate of drug-likeness (QED) is 0.394. The lowest BCUT2D eigenvalue weighted by molar-refractivity contribution is -0.138. The van der Waals surface area contributed by atoms with Crippen LogP contribution < -0.4 is 5.32 Å². The van der Waals surface area contributed by atoms with Crippen LogP contribution in [0.1, 0.15) is 59.8 Å². The van der Waals surface area contributed by atoms with E-state index in [1.807, 2.05) is 0 Å². The monoisotopic (exact) mass is 466 g/mol. The van der Waals surface area contributed by atoms with Crippen molar-refractivity contribution in [2.75, 3.05) is 5.32 Å². The normalized spacial score (nSPS) is 19.1. The van der Waals surface area contributed by atoms with Crippen molar-refractivity contribution in [3.05, 3.63) is 53.5 Å². The Morgan fingerprint density at radius 1 is 1.18 bits per heavy atom. The van der Waals surface area contributed by atoms with Gasteiger partial charge >= 0.3 is 6.18 Å². The number of nitrogens with zero attached hydrogens (tertiary/aromatic N) is 3. The highest BCUT2D eigenvalue weighted by atomic mass is 19.4. The van der Waals surface area contributed by atoms with Gasteiger partial charge in [-0.15, -0.1) is 0 Å². The molecule has 1 saturated carbocycles. The molecule has 2 heterocycles. The van der Waals surface area contributed by atoms with Crippen molar-refractivity contribution in [2.45, 2.75) is 44.3 Å². The summed E-state index contributed by atoms with van der Waals surface area (Å²) in [7, 11) is 0. The van der Waals surface area contributed by atoms with E-state index < -0.39 is 35.3 Å². The van der Waals surface area contributed by atoms with Crippen LogP contribution in [0.2, 0.25) is 0 Å². The Morgan fingerprint density at radius 3 is 2.55 bits per heavy atom. The number of aromatic nitrogens is 3. The highest BCUT2D eigenvalue weighted by Crippen LogP contribution is 2.37. The summed E-state index contributed by atoms with van der Waals surface area (Å²) in [6.45, 7) is 0. The minimum atomic E-state index is -4.83. The van der Waals surface area contributed by atoms with Gasteiger partial charge in [-0.05, 0) is 49.9 Å². The zero-order valence-corrected chi connectivity index (χ0v) is 17.1. The molecule has 1 N–H and O–H groups in total. The van der Waals surface area contributed by atoms with E-state index in [1.165, 1.54) is 18.3 Å². The van der Waals surface area contributed by atoms with Crippen LogP contribution in [0.25, 0.3) is 10.9 Å². The molecule has 174 valence electrons. The van der Waals surface area contributed by atoms with Gasteiger partial charge < -0.3 is 10.1 Å². The third-order valence-corrected chi connectivity index (χ3v) is 5.86. The molecule has 33 heavy (non-hydrogen) atoms. The fourth-order valence-corrected chi connectivity index (χ4v) is 4.17. The second-order valence-electron chi connectivity index (χ2n) is 7.94. The summed E-state index contributed by atoms with van der Waals surface area (Å²) in [5.41, 5.74) is -2.60. The first-order valence-corrected chi connectivity index (χ1v) is 10.3. The lowest BCUT2D eigenvalue weighted by atomic mass is 9.87. The molecule has 1 aliphatic carbocycles. The van der Waals surface area contributed by atoms with Crippen molar-refractivity contribution in [1.82, 2.24) is 14.8 Å². The lowest BCUT2D eigenvalue weighted by Crippen LogP contribution is -2.21. The third-order valence-electron chi connectivity index (χ3n) is 5.86. The predicted molar refractivity (Wildman–Crippen MR) is 109 cm³/mol. The van der Waals surface area contributed by atoms with E-state index in [1.54, 1.807) is 4.68 Å². The molecule has 0 atom stereocenters. The molecule has 1 amide bonds. The molecule has 4 rings (SSSR count). The van der Waals surface area contributed by atoms with E-state index in [4.69, 9.17) is 0 Å². The van der Waals surface area contributed by atoms with E-state index in [9.17, 15) is 31.5 Å². The number of hydrogen-bond acceptors (Lipinski definition) is 4. The Morgan fingerprint density at radius 2 is 1.91 bits per heavy atom. The maximum atomic E-state index is 13.8. The number of pyridine rings is 1. The number of amides is 1. The van der Waals surface area contributed by atoms with Crippen molar-refractivity contribution in [3.8, 4) is 0 Å². The number of carbonyl (C=O) groups is 2. The number of carbonyl (C=O) groups excluding carboxylic acids is 2. The molecule has 0 radical (unpaired) electrons. The van der Waals surface area contributed by atoms with Gasteiger partial charge in [0, 0.05) is 23.1 Å². The van der Waals surface area contributed by atoms with Crippen LogP contribution in [0.15, 0.2) is 36.7 Å². The van der Waals surface area contributed by atoms with Gasteiger partial charge in [0.25, 0.3) is 12.3 Å². The largest absolute Gasteiger partial charge is 0.418 e. The van der Waals surface area contributed by atoms with Crippen LogP contribution in [0.4, 0.5) is 27.6 Å². The van der Waals surface area contributed by atoms with Crippen molar-refractivity contribution in [1.29, 1.82) is 0 Å². The molecule has 6 nitrogen and oxygen atoms in total. The zero-order chi connectivity index (χ0) is 23.8. The van der Waals surface area contributed by atoms with E-state index in [-0.39, 0.29) is 17.6 Å². The van der Waals surface area contributed by atoms with Crippen LogP contribution in [-0.4, -0.2) is 27.0 Å². The fraction of sp³-hybridized carbons (Fsp3) is 0.364. The average molecular weight is 466 g/mol. The number of fused-ring (bicyclic) bond motifs is 1. The Hall–Kier alpha value is -3.37. The first kappa shape index (κ1) is 22.8. The molecule has 2 aromatic heterocycles. The summed E-state index contributed by atoms with van der Waals surface area (Å²) < 4.78 is 69.0. The molecule has 0 unspecified atom stereocenters. The maximum absolute atomic E-state index is 13.8. The maximum Gasteiger partial charge on any atom is 0.418 e. The van der Waals surface area contributed by atoms with E-state index >= 15 is 0 Å². The summed E-state index contributed by atoms with van der Waals surface area (Å²) in [4.78, 5) is 27.0. The smallest absolute Gasteiger partial charge is 0.320 e. The highest BCUT2D eigenvalue weighted by molar-refractivity contribution is 6.05. The number of rotatable bonds is 5. The fourth-order valence-electron chi connectivity index (χ4n) is 4.17. The van der Waals surface area contributed by atoms with Gasteiger partial charge in [0.1, 0.15) is 12.0 Å². The molecular weight excluding hydrogens is 447 g/mol. The Kier molecular flexibility index (Phi) is 6.13. The highest BCUT2D eigenvalue weighted by Gasteiger charge is 2.36. The van der Waals surface area contributed by atoms with Gasteiger partial charge in [-0.25, -0.2) is 8.78 Å². The van der Waals surface area contributed by atoms with Gasteiger partial charge in [-0.1, -0.05) is 0 Å². The minimum Gasteiger partial charge on any atom is -0.320 e. The number of benzene rings is 1. The minimum absolute atomic E-state index is 0.0188. The number of anilines is 1. The van der Waals surface area contributed by atoms with Gasteiger partial charge in [-0.3, -0.25) is 14.5 Å². The predicted octanol–water partition coefficient (Wildman–Crippen LogP) is 5.57. The topological polar surface area (TPSA) is 76.9 Å².